The van der Waals surface area contributed by atoms with Crippen molar-refractivity contribution in [1.29, 1.82) is 0 Å². The largest absolute Gasteiger partial charge is 0.324 e. The summed E-state index contributed by atoms with van der Waals surface area (Å²) in [6.07, 6.45) is 0.492. The Bertz CT molecular complexity index is 593. The first kappa shape index (κ1) is 13.7. The van der Waals surface area contributed by atoms with Gasteiger partial charge in [0.1, 0.15) is 11.6 Å². The van der Waals surface area contributed by atoms with Crippen molar-refractivity contribution in [3.63, 3.8) is 0 Å². The Morgan fingerprint density at radius 2 is 1.79 bits per heavy atom. The van der Waals surface area contributed by atoms with Crippen molar-refractivity contribution >= 4 is 0 Å². The summed E-state index contributed by atoms with van der Waals surface area (Å²) < 4.78 is 26.9. The maximum atomic E-state index is 13.8. The van der Waals surface area contributed by atoms with E-state index in [0.29, 0.717) is 12.0 Å². The third-order valence-corrected chi connectivity index (χ3v) is 3.30. The monoisotopic (exact) mass is 261 g/mol. The van der Waals surface area contributed by atoms with Crippen LogP contribution in [0, 0.1) is 25.5 Å². The van der Waals surface area contributed by atoms with Crippen molar-refractivity contribution in [1.82, 2.24) is 0 Å². The van der Waals surface area contributed by atoms with Gasteiger partial charge in [-0.2, -0.15) is 0 Å². The molecule has 2 rings (SSSR count). The Labute approximate surface area is 112 Å². The fraction of sp³-hybridized carbons (Fsp3) is 0.250. The molecule has 0 aromatic heterocycles. The lowest BCUT2D eigenvalue weighted by Gasteiger charge is -2.15. The molecule has 0 saturated carbocycles. The van der Waals surface area contributed by atoms with E-state index in [1.165, 1.54) is 18.2 Å². The van der Waals surface area contributed by atoms with Gasteiger partial charge >= 0.3 is 0 Å². The highest BCUT2D eigenvalue weighted by atomic mass is 19.1. The van der Waals surface area contributed by atoms with Gasteiger partial charge in [0.05, 0.1) is 0 Å². The Morgan fingerprint density at radius 1 is 1.05 bits per heavy atom. The molecular weight excluding hydrogens is 244 g/mol. The number of aryl methyl sites for hydroxylation is 2. The smallest absolute Gasteiger partial charge is 0.128 e. The molecule has 0 amide bonds. The lowest BCUT2D eigenvalue weighted by Crippen LogP contribution is -2.15. The van der Waals surface area contributed by atoms with E-state index in [9.17, 15) is 8.78 Å². The van der Waals surface area contributed by atoms with E-state index in [1.54, 1.807) is 12.1 Å². The van der Waals surface area contributed by atoms with Gasteiger partial charge in [-0.15, -0.1) is 0 Å². The lowest BCUT2D eigenvalue weighted by molar-refractivity contribution is 0.578. The van der Waals surface area contributed by atoms with E-state index in [1.807, 2.05) is 19.9 Å². The number of nitrogens with two attached hydrogens (primary N) is 1. The molecule has 3 heteroatoms. The van der Waals surface area contributed by atoms with E-state index < -0.39 is 6.04 Å². The highest BCUT2D eigenvalue weighted by molar-refractivity contribution is 5.31. The zero-order valence-corrected chi connectivity index (χ0v) is 11.1. The van der Waals surface area contributed by atoms with Gasteiger partial charge in [0.25, 0.3) is 0 Å². The highest BCUT2D eigenvalue weighted by Crippen LogP contribution is 2.22. The van der Waals surface area contributed by atoms with E-state index in [-0.39, 0.29) is 11.6 Å². The van der Waals surface area contributed by atoms with Crippen molar-refractivity contribution in [2.75, 3.05) is 0 Å². The molecule has 1 nitrogen and oxygen atoms in total. The van der Waals surface area contributed by atoms with Gasteiger partial charge in [0, 0.05) is 11.6 Å². The second-order valence-corrected chi connectivity index (χ2v) is 4.91. The average molecular weight is 261 g/mol. The van der Waals surface area contributed by atoms with Crippen LogP contribution in [0.5, 0.6) is 0 Å². The molecule has 0 aliphatic rings. The molecule has 0 saturated heterocycles. The van der Waals surface area contributed by atoms with Crippen LogP contribution in [-0.2, 0) is 6.42 Å². The Morgan fingerprint density at radius 3 is 2.42 bits per heavy atom. The zero-order valence-electron chi connectivity index (χ0n) is 11.1. The molecular formula is C16H17F2N. The van der Waals surface area contributed by atoms with Gasteiger partial charge in [0.2, 0.25) is 0 Å². The zero-order chi connectivity index (χ0) is 14.0. The summed E-state index contributed by atoms with van der Waals surface area (Å²) >= 11 is 0. The van der Waals surface area contributed by atoms with Crippen LogP contribution in [0.25, 0.3) is 0 Å². The summed E-state index contributed by atoms with van der Waals surface area (Å²) in [5.74, 6) is -0.552. The van der Waals surface area contributed by atoms with Crippen molar-refractivity contribution in [2.24, 2.45) is 5.73 Å². The molecule has 1 unspecified atom stereocenters. The molecule has 2 N–H and O–H groups in total. The average Bonchev–Trinajstić information content (AvgIpc) is 2.32. The van der Waals surface area contributed by atoms with Gasteiger partial charge in [0.15, 0.2) is 0 Å². The number of hydrogen-bond acceptors (Lipinski definition) is 1. The molecule has 0 fully saturated rings. The molecule has 2 aromatic carbocycles. The SMILES string of the molecule is Cc1ccc(C(N)Cc2ccc(F)cc2C)c(F)c1. The van der Waals surface area contributed by atoms with Crippen LogP contribution in [0.3, 0.4) is 0 Å². The summed E-state index contributed by atoms with van der Waals surface area (Å²) in [6.45, 7) is 3.67. The van der Waals surface area contributed by atoms with E-state index in [0.717, 1.165) is 16.7 Å². The number of benzene rings is 2. The first-order valence-electron chi connectivity index (χ1n) is 6.24. The van der Waals surface area contributed by atoms with Crippen LogP contribution in [0.2, 0.25) is 0 Å². The van der Waals surface area contributed by atoms with Crippen LogP contribution in [0.15, 0.2) is 36.4 Å². The normalized spacial score (nSPS) is 12.5. The topological polar surface area (TPSA) is 26.0 Å². The van der Waals surface area contributed by atoms with Crippen LogP contribution < -0.4 is 5.73 Å². The van der Waals surface area contributed by atoms with Crippen LogP contribution in [-0.4, -0.2) is 0 Å². The van der Waals surface area contributed by atoms with Crippen LogP contribution in [0.4, 0.5) is 8.78 Å². The molecule has 0 radical (unpaired) electrons. The van der Waals surface area contributed by atoms with Crippen LogP contribution in [0.1, 0.15) is 28.3 Å². The summed E-state index contributed by atoms with van der Waals surface area (Å²) in [4.78, 5) is 0. The molecule has 19 heavy (non-hydrogen) atoms. The van der Waals surface area contributed by atoms with Crippen molar-refractivity contribution in [3.05, 3.63) is 70.3 Å². The van der Waals surface area contributed by atoms with Gasteiger partial charge in [-0.25, -0.2) is 8.78 Å². The maximum Gasteiger partial charge on any atom is 0.128 e. The van der Waals surface area contributed by atoms with E-state index in [4.69, 9.17) is 5.73 Å². The molecule has 0 heterocycles. The fourth-order valence-electron chi connectivity index (χ4n) is 2.17. The van der Waals surface area contributed by atoms with Gasteiger partial charge < -0.3 is 5.73 Å². The minimum Gasteiger partial charge on any atom is -0.324 e. The lowest BCUT2D eigenvalue weighted by atomic mass is 9.96. The number of hydrogen-bond donors (Lipinski definition) is 1. The predicted octanol–water partition coefficient (Wildman–Crippen LogP) is 3.82. The Hall–Kier alpha value is -1.74. The minimum absolute atomic E-state index is 0.267. The summed E-state index contributed by atoms with van der Waals surface area (Å²) in [6, 6.07) is 9.19. The fourth-order valence-corrected chi connectivity index (χ4v) is 2.17. The quantitative estimate of drug-likeness (QED) is 0.893. The predicted molar refractivity (Wildman–Crippen MR) is 72.9 cm³/mol. The molecule has 0 bridgehead atoms. The first-order valence-corrected chi connectivity index (χ1v) is 6.24. The first-order chi connectivity index (χ1) is 8.97. The Balaban J connectivity index is 2.23. The summed E-state index contributed by atoms with van der Waals surface area (Å²) in [5, 5.41) is 0. The minimum atomic E-state index is -0.426. The molecule has 2 aromatic rings. The van der Waals surface area contributed by atoms with E-state index in [2.05, 4.69) is 0 Å². The highest BCUT2D eigenvalue weighted by Gasteiger charge is 2.13. The third kappa shape index (κ3) is 3.18. The second kappa shape index (κ2) is 5.49. The summed E-state index contributed by atoms with van der Waals surface area (Å²) in [7, 11) is 0. The van der Waals surface area contributed by atoms with Crippen molar-refractivity contribution in [3.8, 4) is 0 Å². The van der Waals surface area contributed by atoms with Crippen molar-refractivity contribution < 1.29 is 8.78 Å². The summed E-state index contributed by atoms with van der Waals surface area (Å²) in [5.41, 5.74) is 9.19. The number of rotatable bonds is 3. The Kier molecular flexibility index (Phi) is 3.96. The molecule has 100 valence electrons. The second-order valence-electron chi connectivity index (χ2n) is 4.91. The molecule has 0 spiro atoms. The van der Waals surface area contributed by atoms with Gasteiger partial charge in [-0.1, -0.05) is 18.2 Å². The maximum absolute atomic E-state index is 13.8. The van der Waals surface area contributed by atoms with E-state index >= 15 is 0 Å². The third-order valence-electron chi connectivity index (χ3n) is 3.30. The van der Waals surface area contributed by atoms with Crippen LogP contribution >= 0.6 is 0 Å². The molecule has 0 aliphatic carbocycles. The standard InChI is InChI=1S/C16H17F2N/c1-10-3-6-14(15(18)7-10)16(19)9-12-4-5-13(17)8-11(12)2/h3-8,16H,9,19H2,1-2H3. The van der Waals surface area contributed by atoms with Gasteiger partial charge in [-0.3, -0.25) is 0 Å². The number of halogens is 2. The molecule has 1 atom stereocenters. The van der Waals surface area contributed by atoms with Gasteiger partial charge in [-0.05, 0) is 55.2 Å². The molecule has 0 aliphatic heterocycles. The van der Waals surface area contributed by atoms with Crippen molar-refractivity contribution in [2.45, 2.75) is 26.3 Å².